The van der Waals surface area contributed by atoms with Crippen LogP contribution in [0.3, 0.4) is 0 Å². The maximum absolute atomic E-state index is 12.5. The van der Waals surface area contributed by atoms with Crippen molar-refractivity contribution in [3.8, 4) is 11.7 Å². The minimum Gasteiger partial charge on any atom is -0.465 e. The van der Waals surface area contributed by atoms with Crippen molar-refractivity contribution in [2.45, 2.75) is 4.21 Å². The number of furan rings is 1. The summed E-state index contributed by atoms with van der Waals surface area (Å²) < 4.78 is 16.5. The van der Waals surface area contributed by atoms with E-state index in [2.05, 4.69) is 5.32 Å². The molecular formula is C18H13Cl2NO5S2. The fourth-order valence-electron chi connectivity index (χ4n) is 2.20. The van der Waals surface area contributed by atoms with E-state index in [0.717, 1.165) is 4.21 Å². The van der Waals surface area contributed by atoms with Crippen molar-refractivity contribution in [3.63, 3.8) is 0 Å². The number of carbonyl (C=O) groups is 2. The van der Waals surface area contributed by atoms with Gasteiger partial charge in [0.2, 0.25) is 0 Å². The molecule has 1 N–H and O–H groups in total. The number of benzene rings is 1. The normalized spacial score (nSPS) is 10.6. The zero-order valence-electron chi connectivity index (χ0n) is 14.6. The molecule has 0 atom stereocenters. The first-order valence-corrected chi connectivity index (χ1v) is 10.5. The lowest BCUT2D eigenvalue weighted by atomic mass is 10.3. The Labute approximate surface area is 178 Å². The second-order valence-electron chi connectivity index (χ2n) is 5.29. The molecule has 2 heterocycles. The van der Waals surface area contributed by atoms with Gasteiger partial charge in [-0.05, 0) is 36.6 Å². The molecule has 3 aromatic rings. The van der Waals surface area contributed by atoms with Crippen molar-refractivity contribution >= 4 is 63.9 Å². The van der Waals surface area contributed by atoms with E-state index in [1.54, 1.807) is 24.3 Å². The molecule has 1 amide bonds. The number of nitrogens with one attached hydrogen (secondary N) is 1. The molecule has 2 aromatic heterocycles. The van der Waals surface area contributed by atoms with E-state index in [4.69, 9.17) is 37.1 Å². The average Bonchev–Trinajstić information content (AvgIpc) is 3.27. The van der Waals surface area contributed by atoms with Crippen molar-refractivity contribution in [2.24, 2.45) is 0 Å². The van der Waals surface area contributed by atoms with E-state index in [0.29, 0.717) is 26.4 Å². The first-order chi connectivity index (χ1) is 13.4. The first kappa shape index (κ1) is 20.6. The van der Waals surface area contributed by atoms with Gasteiger partial charge in [-0.25, -0.2) is 4.79 Å². The highest BCUT2D eigenvalue weighted by molar-refractivity contribution is 8.00. The number of anilines is 1. The molecule has 0 spiro atoms. The summed E-state index contributed by atoms with van der Waals surface area (Å²) in [6.07, 6.45) is 1.84. The number of hydrogen-bond acceptors (Lipinski definition) is 7. The molecule has 0 aliphatic heterocycles. The smallest absolute Gasteiger partial charge is 0.348 e. The predicted molar refractivity (Wildman–Crippen MR) is 111 cm³/mol. The van der Waals surface area contributed by atoms with Crippen LogP contribution in [0.4, 0.5) is 5.69 Å². The van der Waals surface area contributed by atoms with Crippen LogP contribution in [-0.2, 0) is 4.74 Å². The van der Waals surface area contributed by atoms with Crippen LogP contribution in [0.15, 0.2) is 45.0 Å². The molecule has 0 radical (unpaired) electrons. The van der Waals surface area contributed by atoms with E-state index in [9.17, 15) is 9.59 Å². The second kappa shape index (κ2) is 8.91. The Bertz CT molecular complexity index is 1010. The lowest BCUT2D eigenvalue weighted by Crippen LogP contribution is -2.10. The Balaban J connectivity index is 1.74. The summed E-state index contributed by atoms with van der Waals surface area (Å²) >= 11 is 14.5. The number of ether oxygens (including phenoxy) is 2. The summed E-state index contributed by atoms with van der Waals surface area (Å²) in [6.45, 7) is 0. The average molecular weight is 458 g/mol. The molecule has 10 heteroatoms. The van der Waals surface area contributed by atoms with E-state index < -0.39 is 11.9 Å². The van der Waals surface area contributed by atoms with E-state index in [1.165, 1.54) is 42.3 Å². The Hall–Kier alpha value is -2.13. The number of thiophene rings is 1. The minimum absolute atomic E-state index is 0.0426. The predicted octanol–water partition coefficient (Wildman–Crippen LogP) is 6.20. The third-order valence-electron chi connectivity index (χ3n) is 3.38. The highest BCUT2D eigenvalue weighted by Crippen LogP contribution is 2.36. The third-order valence-corrected chi connectivity index (χ3v) is 6.06. The van der Waals surface area contributed by atoms with Crippen molar-refractivity contribution in [3.05, 3.63) is 57.1 Å². The Kier molecular flexibility index (Phi) is 6.56. The van der Waals surface area contributed by atoms with Crippen LogP contribution in [0.5, 0.6) is 11.7 Å². The summed E-state index contributed by atoms with van der Waals surface area (Å²) in [6, 6.07) is 9.26. The molecule has 0 bridgehead atoms. The van der Waals surface area contributed by atoms with Crippen molar-refractivity contribution < 1.29 is 23.5 Å². The number of thioether (sulfide) groups is 1. The summed E-state index contributed by atoms with van der Waals surface area (Å²) in [5.41, 5.74) is 0.503. The lowest BCUT2D eigenvalue weighted by molar-refractivity contribution is 0.0606. The highest BCUT2D eigenvalue weighted by Gasteiger charge is 2.19. The monoisotopic (exact) mass is 457 g/mol. The molecule has 0 aliphatic rings. The van der Waals surface area contributed by atoms with Crippen molar-refractivity contribution in [1.82, 2.24) is 0 Å². The van der Waals surface area contributed by atoms with Crippen LogP contribution in [-0.4, -0.2) is 25.2 Å². The second-order valence-corrected chi connectivity index (χ2v) is 8.29. The summed E-state index contributed by atoms with van der Waals surface area (Å²) in [4.78, 5) is 24.6. The van der Waals surface area contributed by atoms with Gasteiger partial charge in [-0.2, -0.15) is 0 Å². The molecule has 0 fully saturated rings. The zero-order valence-corrected chi connectivity index (χ0v) is 17.7. The molecule has 6 nitrogen and oxygen atoms in total. The number of carbonyl (C=O) groups excluding carboxylic acids is 2. The molecule has 3 rings (SSSR count). The van der Waals surface area contributed by atoms with Gasteiger partial charge in [-0.1, -0.05) is 23.2 Å². The van der Waals surface area contributed by atoms with Gasteiger partial charge in [0, 0.05) is 16.1 Å². The van der Waals surface area contributed by atoms with Crippen LogP contribution in [0.1, 0.15) is 20.2 Å². The first-order valence-electron chi connectivity index (χ1n) is 7.71. The number of halogens is 2. The number of methoxy groups -OCH3 is 1. The van der Waals surface area contributed by atoms with Gasteiger partial charge in [-0.15, -0.1) is 23.1 Å². The third kappa shape index (κ3) is 4.82. The van der Waals surface area contributed by atoms with E-state index in [-0.39, 0.29) is 11.7 Å². The Morgan fingerprint density at radius 2 is 1.86 bits per heavy atom. The van der Waals surface area contributed by atoms with Crippen molar-refractivity contribution in [2.75, 3.05) is 18.7 Å². The summed E-state index contributed by atoms with van der Waals surface area (Å²) in [7, 11) is 1.30. The van der Waals surface area contributed by atoms with Gasteiger partial charge in [0.05, 0.1) is 17.0 Å². The topological polar surface area (TPSA) is 77.8 Å². The van der Waals surface area contributed by atoms with Gasteiger partial charge >= 0.3 is 5.97 Å². The fourth-order valence-corrected chi connectivity index (χ4v) is 4.40. The quantitative estimate of drug-likeness (QED) is 0.350. The SMILES string of the molecule is COC(=O)c1cc(NC(=O)c2ccc(Oc3cc(Cl)cc(Cl)c3)o2)c(SC)s1. The molecule has 0 saturated heterocycles. The molecule has 0 unspecified atom stereocenters. The standard InChI is InChI=1S/C18H13Cl2NO5S2/c1-24-17(23)14-8-12(18(27-2)28-14)21-16(22)13-3-4-15(26-13)25-11-6-9(19)5-10(20)7-11/h3-8H,1-2H3,(H,21,22). The molecule has 0 saturated carbocycles. The summed E-state index contributed by atoms with van der Waals surface area (Å²) in [5, 5.41) is 3.55. The molecular weight excluding hydrogens is 445 g/mol. The minimum atomic E-state index is -0.483. The number of esters is 1. The van der Waals surface area contributed by atoms with Crippen LogP contribution < -0.4 is 10.1 Å². The molecule has 0 aliphatic carbocycles. The fraction of sp³-hybridized carbons (Fsp3) is 0.111. The van der Waals surface area contributed by atoms with Crippen LogP contribution in [0, 0.1) is 0 Å². The molecule has 146 valence electrons. The molecule has 28 heavy (non-hydrogen) atoms. The summed E-state index contributed by atoms with van der Waals surface area (Å²) in [5.74, 6) is -0.419. The maximum atomic E-state index is 12.5. The van der Waals surface area contributed by atoms with Gasteiger partial charge in [-0.3, -0.25) is 4.79 Å². The van der Waals surface area contributed by atoms with Gasteiger partial charge in [0.1, 0.15) is 10.6 Å². The van der Waals surface area contributed by atoms with Gasteiger partial charge in [0.25, 0.3) is 11.9 Å². The van der Waals surface area contributed by atoms with E-state index in [1.807, 2.05) is 6.26 Å². The Morgan fingerprint density at radius 1 is 1.14 bits per heavy atom. The van der Waals surface area contributed by atoms with E-state index >= 15 is 0 Å². The van der Waals surface area contributed by atoms with Gasteiger partial charge in [0.15, 0.2) is 5.76 Å². The largest absolute Gasteiger partial charge is 0.465 e. The highest BCUT2D eigenvalue weighted by atomic mass is 35.5. The number of rotatable bonds is 6. The molecule has 1 aromatic carbocycles. The Morgan fingerprint density at radius 3 is 2.50 bits per heavy atom. The zero-order chi connectivity index (χ0) is 20.3. The van der Waals surface area contributed by atoms with Crippen molar-refractivity contribution in [1.29, 1.82) is 0 Å². The van der Waals surface area contributed by atoms with Crippen LogP contribution in [0.2, 0.25) is 10.0 Å². The number of hydrogen-bond donors (Lipinski definition) is 1. The maximum Gasteiger partial charge on any atom is 0.348 e. The van der Waals surface area contributed by atoms with Gasteiger partial charge < -0.3 is 19.2 Å². The lowest BCUT2D eigenvalue weighted by Gasteiger charge is -2.04. The van der Waals surface area contributed by atoms with Crippen LogP contribution in [0.25, 0.3) is 0 Å². The number of amides is 1. The van der Waals surface area contributed by atoms with Crippen LogP contribution >= 0.6 is 46.3 Å².